The molecule has 106 valence electrons. The van der Waals surface area contributed by atoms with Gasteiger partial charge in [-0.3, -0.25) is 9.20 Å². The van der Waals surface area contributed by atoms with Crippen molar-refractivity contribution in [1.82, 2.24) is 19.6 Å². The monoisotopic (exact) mass is 282 g/mol. The van der Waals surface area contributed by atoms with Crippen LogP contribution < -0.4 is 11.1 Å². The maximum Gasteiger partial charge on any atom is 0.240 e. The maximum absolute atomic E-state index is 11.7. The predicted octanol–water partition coefficient (Wildman–Crippen LogP) is 0.633. The largest absolute Gasteiger partial charge is 0.368 e. The smallest absolute Gasteiger partial charge is 0.240 e. The van der Waals surface area contributed by atoms with E-state index in [0.717, 1.165) is 5.56 Å². The average Bonchev–Trinajstić information content (AvgIpc) is 2.97. The molecular weight excluding hydrogens is 268 g/mol. The van der Waals surface area contributed by atoms with Crippen LogP contribution in [0.5, 0.6) is 0 Å². The van der Waals surface area contributed by atoms with Crippen molar-refractivity contribution in [2.75, 3.05) is 5.32 Å². The third-order valence-corrected chi connectivity index (χ3v) is 3.15. The minimum atomic E-state index is -0.567. The number of nitrogens with zero attached hydrogens (tertiary/aromatic N) is 4. The highest BCUT2D eigenvalue weighted by molar-refractivity contribution is 5.84. The fourth-order valence-corrected chi connectivity index (χ4v) is 2.10. The molecular formula is C14H14N6O. The zero-order chi connectivity index (χ0) is 14.7. The van der Waals surface area contributed by atoms with E-state index in [9.17, 15) is 4.79 Å². The lowest BCUT2D eigenvalue weighted by molar-refractivity contribution is -0.118. The Balaban J connectivity index is 1.85. The van der Waals surface area contributed by atoms with E-state index in [1.54, 1.807) is 23.1 Å². The summed E-state index contributed by atoms with van der Waals surface area (Å²) in [6.45, 7) is 0. The van der Waals surface area contributed by atoms with Crippen LogP contribution in [-0.4, -0.2) is 31.5 Å². The lowest BCUT2D eigenvalue weighted by Gasteiger charge is -2.16. The van der Waals surface area contributed by atoms with Gasteiger partial charge in [0, 0.05) is 18.8 Å². The van der Waals surface area contributed by atoms with E-state index in [-0.39, 0.29) is 0 Å². The Bertz CT molecular complexity index is 754. The Hall–Kier alpha value is -2.96. The Kier molecular flexibility index (Phi) is 3.46. The number of benzene rings is 1. The van der Waals surface area contributed by atoms with Gasteiger partial charge in [-0.1, -0.05) is 30.3 Å². The van der Waals surface area contributed by atoms with Crippen LogP contribution in [0.15, 0.2) is 49.1 Å². The van der Waals surface area contributed by atoms with E-state index in [4.69, 9.17) is 5.73 Å². The summed E-state index contributed by atoms with van der Waals surface area (Å²) in [5, 5.41) is 10.8. The van der Waals surface area contributed by atoms with Crippen LogP contribution in [0.4, 0.5) is 5.82 Å². The number of aromatic nitrogens is 4. The molecule has 0 fully saturated rings. The van der Waals surface area contributed by atoms with Gasteiger partial charge in [-0.15, -0.1) is 10.2 Å². The lowest BCUT2D eigenvalue weighted by atomic mass is 10.1. The quantitative estimate of drug-likeness (QED) is 0.715. The number of rotatable bonds is 5. The van der Waals surface area contributed by atoms with Gasteiger partial charge < -0.3 is 11.1 Å². The molecule has 1 atom stereocenters. The highest BCUT2D eigenvalue weighted by atomic mass is 16.1. The maximum atomic E-state index is 11.7. The van der Waals surface area contributed by atoms with Gasteiger partial charge in [0.15, 0.2) is 5.82 Å². The molecule has 2 heterocycles. The van der Waals surface area contributed by atoms with Crippen molar-refractivity contribution in [3.8, 4) is 0 Å². The van der Waals surface area contributed by atoms with Crippen molar-refractivity contribution in [2.45, 2.75) is 12.5 Å². The number of anilines is 1. The molecule has 0 aliphatic rings. The summed E-state index contributed by atoms with van der Waals surface area (Å²) >= 11 is 0. The molecule has 3 rings (SSSR count). The van der Waals surface area contributed by atoms with Crippen molar-refractivity contribution >= 4 is 17.4 Å². The van der Waals surface area contributed by atoms with Crippen LogP contribution in [-0.2, 0) is 11.2 Å². The van der Waals surface area contributed by atoms with Gasteiger partial charge in [0.05, 0.1) is 0 Å². The second-order valence-corrected chi connectivity index (χ2v) is 4.63. The summed E-state index contributed by atoms with van der Waals surface area (Å²) in [6, 6.07) is 9.10. The Morgan fingerprint density at radius 1 is 1.33 bits per heavy atom. The van der Waals surface area contributed by atoms with E-state index >= 15 is 0 Å². The minimum Gasteiger partial charge on any atom is -0.368 e. The number of fused-ring (bicyclic) bond motifs is 1. The molecule has 0 saturated carbocycles. The van der Waals surface area contributed by atoms with Gasteiger partial charge >= 0.3 is 0 Å². The number of amides is 1. The molecule has 1 aromatic carbocycles. The number of carbonyl (C=O) groups excluding carboxylic acids is 1. The molecule has 3 N–H and O–H groups in total. The van der Waals surface area contributed by atoms with E-state index in [1.165, 1.54) is 0 Å². The number of carbonyl (C=O) groups is 1. The molecule has 1 amide bonds. The Labute approximate surface area is 120 Å². The summed E-state index contributed by atoms with van der Waals surface area (Å²) in [7, 11) is 0. The van der Waals surface area contributed by atoms with Gasteiger partial charge in [0.2, 0.25) is 11.6 Å². The molecule has 7 nitrogen and oxygen atoms in total. The molecule has 0 spiro atoms. The average molecular weight is 282 g/mol. The molecule has 0 radical (unpaired) electrons. The van der Waals surface area contributed by atoms with Crippen LogP contribution in [0.25, 0.3) is 5.65 Å². The van der Waals surface area contributed by atoms with Gasteiger partial charge in [0.1, 0.15) is 12.4 Å². The Morgan fingerprint density at radius 2 is 2.14 bits per heavy atom. The number of primary amides is 1. The first kappa shape index (κ1) is 13.0. The van der Waals surface area contributed by atoms with Crippen molar-refractivity contribution in [3.63, 3.8) is 0 Å². The number of hydrogen-bond acceptors (Lipinski definition) is 5. The highest BCUT2D eigenvalue weighted by Crippen LogP contribution is 2.13. The predicted molar refractivity (Wildman–Crippen MR) is 77.5 cm³/mol. The number of hydrogen-bond donors (Lipinski definition) is 2. The molecule has 0 saturated heterocycles. The third kappa shape index (κ3) is 2.81. The molecule has 0 aliphatic heterocycles. The summed E-state index contributed by atoms with van der Waals surface area (Å²) in [4.78, 5) is 15.9. The molecule has 1 unspecified atom stereocenters. The minimum absolute atomic E-state index is 0.442. The summed E-state index contributed by atoms with van der Waals surface area (Å²) in [5.41, 5.74) is 7.05. The topological polar surface area (TPSA) is 98.2 Å². The van der Waals surface area contributed by atoms with Gasteiger partial charge in [-0.25, -0.2) is 4.98 Å². The number of nitrogens with one attached hydrogen (secondary N) is 1. The van der Waals surface area contributed by atoms with Gasteiger partial charge in [-0.05, 0) is 5.56 Å². The molecule has 21 heavy (non-hydrogen) atoms. The summed E-state index contributed by atoms with van der Waals surface area (Å²) < 4.78 is 1.72. The first-order chi connectivity index (χ1) is 10.2. The summed E-state index contributed by atoms with van der Waals surface area (Å²) in [6.07, 6.45) is 5.39. The molecule has 3 aromatic rings. The first-order valence-electron chi connectivity index (χ1n) is 6.48. The molecule has 7 heteroatoms. The van der Waals surface area contributed by atoms with E-state index < -0.39 is 11.9 Å². The van der Waals surface area contributed by atoms with Gasteiger partial charge in [0.25, 0.3) is 0 Å². The standard InChI is InChI=1S/C14H14N6O/c15-12(21)11(8-10-4-2-1-3-5-10)18-13-14-19-17-9-20(14)7-6-16-13/h1-7,9,11H,8H2,(H2,15,21)(H,16,18). The highest BCUT2D eigenvalue weighted by Gasteiger charge is 2.18. The van der Waals surface area contributed by atoms with Crippen molar-refractivity contribution in [3.05, 3.63) is 54.6 Å². The second kappa shape index (κ2) is 5.58. The summed E-state index contributed by atoms with van der Waals surface area (Å²) in [5.74, 6) is 0.0388. The zero-order valence-corrected chi connectivity index (χ0v) is 11.2. The zero-order valence-electron chi connectivity index (χ0n) is 11.2. The fourth-order valence-electron chi connectivity index (χ4n) is 2.10. The SMILES string of the molecule is NC(=O)C(Cc1ccccc1)Nc1nccn2cnnc12. The molecule has 2 aromatic heterocycles. The third-order valence-electron chi connectivity index (χ3n) is 3.15. The Morgan fingerprint density at radius 3 is 2.90 bits per heavy atom. The van der Waals surface area contributed by atoms with E-state index in [1.807, 2.05) is 30.3 Å². The van der Waals surface area contributed by atoms with Crippen LogP contribution in [0.3, 0.4) is 0 Å². The van der Waals surface area contributed by atoms with Crippen molar-refractivity contribution in [1.29, 1.82) is 0 Å². The molecule has 0 bridgehead atoms. The van der Waals surface area contributed by atoms with Crippen LogP contribution in [0.2, 0.25) is 0 Å². The first-order valence-corrected chi connectivity index (χ1v) is 6.48. The van der Waals surface area contributed by atoms with Crippen molar-refractivity contribution < 1.29 is 4.79 Å². The van der Waals surface area contributed by atoms with E-state index in [0.29, 0.717) is 17.9 Å². The molecule has 0 aliphatic carbocycles. The second-order valence-electron chi connectivity index (χ2n) is 4.63. The van der Waals surface area contributed by atoms with Gasteiger partial charge in [-0.2, -0.15) is 0 Å². The van der Waals surface area contributed by atoms with Crippen LogP contribution in [0, 0.1) is 0 Å². The normalized spacial score (nSPS) is 12.2. The van der Waals surface area contributed by atoms with Crippen LogP contribution in [0.1, 0.15) is 5.56 Å². The fraction of sp³-hybridized carbons (Fsp3) is 0.143. The van der Waals surface area contributed by atoms with Crippen LogP contribution >= 0.6 is 0 Å². The van der Waals surface area contributed by atoms with Crippen molar-refractivity contribution in [2.24, 2.45) is 5.73 Å². The lowest BCUT2D eigenvalue weighted by Crippen LogP contribution is -2.37. The number of nitrogens with two attached hydrogens (primary N) is 1. The van der Waals surface area contributed by atoms with E-state index in [2.05, 4.69) is 20.5 Å².